The fourth-order valence-corrected chi connectivity index (χ4v) is 2.74. The molecule has 2 atom stereocenters. The standard InChI is InChI=1S/C11H24N2OS/c1-3-15(14)8-6-12-9-11-5-4-7-13(2)10-11/h11-12H,3-10H2,1-2H3. The van der Waals surface area contributed by atoms with Gasteiger partial charge in [-0.05, 0) is 38.9 Å². The zero-order chi connectivity index (χ0) is 11.1. The quantitative estimate of drug-likeness (QED) is 0.684. The van der Waals surface area contributed by atoms with Crippen LogP contribution in [0.25, 0.3) is 0 Å². The maximum atomic E-state index is 11.2. The number of likely N-dealkylation sites (tertiary alicyclic amines) is 1. The Kier molecular flexibility index (Phi) is 6.45. The van der Waals surface area contributed by atoms with Crippen LogP contribution in [0.4, 0.5) is 0 Å². The van der Waals surface area contributed by atoms with E-state index in [1.54, 1.807) is 0 Å². The van der Waals surface area contributed by atoms with E-state index in [0.717, 1.165) is 30.5 Å². The van der Waals surface area contributed by atoms with E-state index >= 15 is 0 Å². The lowest BCUT2D eigenvalue weighted by Crippen LogP contribution is -2.38. The van der Waals surface area contributed by atoms with E-state index in [9.17, 15) is 4.21 Å². The molecule has 0 bridgehead atoms. The third-order valence-electron chi connectivity index (χ3n) is 2.98. The average molecular weight is 232 g/mol. The van der Waals surface area contributed by atoms with Crippen molar-refractivity contribution in [2.75, 3.05) is 44.7 Å². The van der Waals surface area contributed by atoms with E-state index in [1.165, 1.54) is 25.9 Å². The van der Waals surface area contributed by atoms with Gasteiger partial charge in [-0.3, -0.25) is 4.21 Å². The lowest BCUT2D eigenvalue weighted by Gasteiger charge is -2.29. The second kappa shape index (κ2) is 7.36. The van der Waals surface area contributed by atoms with E-state index in [4.69, 9.17) is 0 Å². The summed E-state index contributed by atoms with van der Waals surface area (Å²) in [4.78, 5) is 2.40. The summed E-state index contributed by atoms with van der Waals surface area (Å²) in [6, 6.07) is 0. The largest absolute Gasteiger partial charge is 0.315 e. The second-order valence-corrected chi connectivity index (χ2v) is 6.27. The molecule has 1 saturated heterocycles. The molecule has 2 unspecified atom stereocenters. The Bertz CT molecular complexity index is 199. The molecule has 0 saturated carbocycles. The van der Waals surface area contributed by atoms with Gasteiger partial charge in [0.15, 0.2) is 0 Å². The number of nitrogens with zero attached hydrogens (tertiary/aromatic N) is 1. The van der Waals surface area contributed by atoms with Gasteiger partial charge in [-0.15, -0.1) is 0 Å². The van der Waals surface area contributed by atoms with Crippen LogP contribution in [0.15, 0.2) is 0 Å². The second-order valence-electron chi connectivity index (χ2n) is 4.41. The minimum Gasteiger partial charge on any atom is -0.315 e. The molecular weight excluding hydrogens is 208 g/mol. The molecule has 1 N–H and O–H groups in total. The molecule has 0 aliphatic carbocycles. The Labute approximate surface area is 96.1 Å². The van der Waals surface area contributed by atoms with Crippen LogP contribution in [0.1, 0.15) is 19.8 Å². The van der Waals surface area contributed by atoms with Crippen molar-refractivity contribution < 1.29 is 4.21 Å². The summed E-state index contributed by atoms with van der Waals surface area (Å²) < 4.78 is 11.2. The Morgan fingerprint density at radius 1 is 1.53 bits per heavy atom. The molecule has 3 nitrogen and oxygen atoms in total. The van der Waals surface area contributed by atoms with Crippen molar-refractivity contribution in [1.82, 2.24) is 10.2 Å². The number of hydrogen-bond acceptors (Lipinski definition) is 3. The molecule has 0 aromatic carbocycles. The average Bonchev–Trinajstić information content (AvgIpc) is 2.24. The van der Waals surface area contributed by atoms with Gasteiger partial charge in [0.1, 0.15) is 0 Å². The maximum absolute atomic E-state index is 11.2. The number of piperidine rings is 1. The lowest BCUT2D eigenvalue weighted by molar-refractivity contribution is 0.207. The summed E-state index contributed by atoms with van der Waals surface area (Å²) in [5.74, 6) is 2.38. The van der Waals surface area contributed by atoms with Crippen molar-refractivity contribution >= 4 is 10.8 Å². The zero-order valence-electron chi connectivity index (χ0n) is 10.00. The summed E-state index contributed by atoms with van der Waals surface area (Å²) in [6.45, 7) is 6.43. The van der Waals surface area contributed by atoms with Gasteiger partial charge in [0.25, 0.3) is 0 Å². The van der Waals surface area contributed by atoms with Crippen molar-refractivity contribution in [2.24, 2.45) is 5.92 Å². The molecule has 0 spiro atoms. The first-order valence-electron chi connectivity index (χ1n) is 5.96. The highest BCUT2D eigenvalue weighted by atomic mass is 32.2. The molecule has 0 aromatic rings. The van der Waals surface area contributed by atoms with Crippen LogP contribution in [0.3, 0.4) is 0 Å². The van der Waals surface area contributed by atoms with Crippen molar-refractivity contribution in [3.05, 3.63) is 0 Å². The van der Waals surface area contributed by atoms with Crippen LogP contribution in [-0.2, 0) is 10.8 Å². The Morgan fingerprint density at radius 2 is 2.33 bits per heavy atom. The van der Waals surface area contributed by atoms with Gasteiger partial charge < -0.3 is 10.2 Å². The van der Waals surface area contributed by atoms with Crippen LogP contribution in [0.5, 0.6) is 0 Å². The van der Waals surface area contributed by atoms with Crippen LogP contribution in [0.2, 0.25) is 0 Å². The normalized spacial score (nSPS) is 25.3. The molecule has 90 valence electrons. The molecule has 0 aromatic heterocycles. The summed E-state index contributed by atoms with van der Waals surface area (Å²) in [5, 5.41) is 3.42. The van der Waals surface area contributed by atoms with Crippen LogP contribution < -0.4 is 5.32 Å². The fraction of sp³-hybridized carbons (Fsp3) is 1.00. The smallest absolute Gasteiger partial charge is 0.0359 e. The lowest BCUT2D eigenvalue weighted by atomic mass is 9.98. The highest BCUT2D eigenvalue weighted by Crippen LogP contribution is 2.13. The summed E-state index contributed by atoms with van der Waals surface area (Å²) in [7, 11) is 1.58. The summed E-state index contributed by atoms with van der Waals surface area (Å²) in [6.07, 6.45) is 2.66. The number of nitrogens with one attached hydrogen (secondary N) is 1. The molecule has 1 aliphatic rings. The first kappa shape index (κ1) is 13.1. The van der Waals surface area contributed by atoms with Gasteiger partial charge in [-0.25, -0.2) is 0 Å². The predicted octanol–water partition coefficient (Wildman–Crippen LogP) is 0.686. The zero-order valence-corrected chi connectivity index (χ0v) is 10.8. The monoisotopic (exact) mass is 232 g/mol. The van der Waals surface area contributed by atoms with Crippen molar-refractivity contribution in [1.29, 1.82) is 0 Å². The van der Waals surface area contributed by atoms with Crippen LogP contribution >= 0.6 is 0 Å². The van der Waals surface area contributed by atoms with E-state index < -0.39 is 10.8 Å². The molecule has 15 heavy (non-hydrogen) atoms. The Balaban J connectivity index is 2.02. The third-order valence-corrected chi connectivity index (χ3v) is 4.29. The minimum atomic E-state index is -0.613. The van der Waals surface area contributed by atoms with Crippen molar-refractivity contribution in [3.8, 4) is 0 Å². The third kappa shape index (κ3) is 5.64. The molecule has 1 fully saturated rings. The van der Waals surface area contributed by atoms with Gasteiger partial charge in [0.2, 0.25) is 0 Å². The van der Waals surface area contributed by atoms with Crippen molar-refractivity contribution in [3.63, 3.8) is 0 Å². The number of hydrogen-bond donors (Lipinski definition) is 1. The van der Waals surface area contributed by atoms with Gasteiger partial charge in [-0.2, -0.15) is 0 Å². The molecular formula is C11H24N2OS. The van der Waals surface area contributed by atoms with E-state index in [2.05, 4.69) is 17.3 Å². The van der Waals surface area contributed by atoms with Gasteiger partial charge in [-0.1, -0.05) is 6.92 Å². The minimum absolute atomic E-state index is 0.613. The molecule has 4 heteroatoms. The molecule has 1 rings (SSSR count). The van der Waals surface area contributed by atoms with Crippen LogP contribution in [-0.4, -0.2) is 53.8 Å². The highest BCUT2D eigenvalue weighted by Gasteiger charge is 2.16. The topological polar surface area (TPSA) is 32.3 Å². The van der Waals surface area contributed by atoms with E-state index in [-0.39, 0.29) is 0 Å². The van der Waals surface area contributed by atoms with Gasteiger partial charge in [0.05, 0.1) is 0 Å². The predicted molar refractivity (Wildman–Crippen MR) is 66.6 cm³/mol. The Hall–Kier alpha value is 0.0700. The first-order valence-corrected chi connectivity index (χ1v) is 7.45. The maximum Gasteiger partial charge on any atom is 0.0359 e. The van der Waals surface area contributed by atoms with E-state index in [0.29, 0.717) is 0 Å². The van der Waals surface area contributed by atoms with Crippen LogP contribution in [0, 0.1) is 5.92 Å². The Morgan fingerprint density at radius 3 is 3.00 bits per heavy atom. The van der Waals surface area contributed by atoms with Gasteiger partial charge in [0, 0.05) is 35.4 Å². The van der Waals surface area contributed by atoms with E-state index in [1.807, 2.05) is 6.92 Å². The molecule has 1 aliphatic heterocycles. The number of rotatable bonds is 6. The van der Waals surface area contributed by atoms with Crippen molar-refractivity contribution in [2.45, 2.75) is 19.8 Å². The highest BCUT2D eigenvalue weighted by molar-refractivity contribution is 7.84. The first-order chi connectivity index (χ1) is 7.22. The SMILES string of the molecule is CCS(=O)CCNCC1CCCN(C)C1. The molecule has 1 heterocycles. The fourth-order valence-electron chi connectivity index (χ4n) is 2.08. The summed E-state index contributed by atoms with van der Waals surface area (Å²) in [5.41, 5.74) is 0. The summed E-state index contributed by atoms with van der Waals surface area (Å²) >= 11 is 0. The molecule has 0 amide bonds. The van der Waals surface area contributed by atoms with Gasteiger partial charge >= 0.3 is 0 Å². The molecule has 0 radical (unpaired) electrons.